The molecule has 0 saturated carbocycles. The van der Waals surface area contributed by atoms with E-state index >= 15 is 0 Å². The van der Waals surface area contributed by atoms with Crippen molar-refractivity contribution in [3.05, 3.63) is 87.8 Å². The summed E-state index contributed by atoms with van der Waals surface area (Å²) in [4.78, 5) is 14.8. The van der Waals surface area contributed by atoms with E-state index in [9.17, 15) is 17.8 Å². The Morgan fingerprint density at radius 3 is 2.42 bits per heavy atom. The van der Waals surface area contributed by atoms with E-state index in [-0.39, 0.29) is 36.3 Å². The summed E-state index contributed by atoms with van der Waals surface area (Å²) in [6.07, 6.45) is 1.50. The number of hydrogen-bond acceptors (Lipinski definition) is 4. The molecule has 0 aliphatic heterocycles. The number of halogens is 2. The van der Waals surface area contributed by atoms with Gasteiger partial charge in [-0.1, -0.05) is 35.3 Å². The van der Waals surface area contributed by atoms with E-state index in [0.29, 0.717) is 21.9 Å². The molecule has 3 aromatic rings. The van der Waals surface area contributed by atoms with E-state index in [1.165, 1.54) is 23.3 Å². The van der Waals surface area contributed by atoms with Crippen molar-refractivity contribution in [2.24, 2.45) is 0 Å². The molecule has 7 nitrogen and oxygen atoms in total. The Morgan fingerprint density at radius 2 is 1.81 bits per heavy atom. The number of furan rings is 1. The molecule has 1 heterocycles. The van der Waals surface area contributed by atoms with Crippen LogP contribution in [0.1, 0.15) is 28.6 Å². The summed E-state index contributed by atoms with van der Waals surface area (Å²) in [5, 5.41) is 0.643. The first-order valence-electron chi connectivity index (χ1n) is 9.30. The first-order valence-corrected chi connectivity index (χ1v) is 11.5. The van der Waals surface area contributed by atoms with Crippen LogP contribution in [0.5, 0.6) is 0 Å². The monoisotopic (exact) mass is 482 g/mol. The third-order valence-electron chi connectivity index (χ3n) is 4.56. The second kappa shape index (κ2) is 9.74. The molecule has 2 aromatic carbocycles. The molecule has 0 unspecified atom stereocenters. The average Bonchev–Trinajstić information content (AvgIpc) is 3.21. The maximum atomic E-state index is 13.3. The number of carbonyl (C=O) groups is 1. The molecule has 0 bridgehead atoms. The first kappa shape index (κ1) is 23.1. The van der Waals surface area contributed by atoms with Gasteiger partial charge in [-0.15, -0.1) is 0 Å². The lowest BCUT2D eigenvalue weighted by Crippen LogP contribution is -2.34. The van der Waals surface area contributed by atoms with Crippen molar-refractivity contribution >= 4 is 45.1 Å². The molecule has 3 rings (SSSR count). The maximum absolute atomic E-state index is 13.3. The molecule has 0 aliphatic carbocycles. The smallest absolute Gasteiger partial charge is 0.359 e. The Balaban J connectivity index is 2.05. The molecular formula is C21H20Cl2N2O5S. The molecular weight excluding hydrogens is 463 g/mol. The minimum atomic E-state index is -4.52. The summed E-state index contributed by atoms with van der Waals surface area (Å²) in [6.45, 7) is 1.68. The van der Waals surface area contributed by atoms with E-state index in [2.05, 4.69) is 0 Å². The highest BCUT2D eigenvalue weighted by Crippen LogP contribution is 2.29. The van der Waals surface area contributed by atoms with Gasteiger partial charge in [-0.25, -0.2) is 4.31 Å². The van der Waals surface area contributed by atoms with Crippen LogP contribution < -0.4 is 4.31 Å². The fraction of sp³-hybridized carbons (Fsp3) is 0.190. The molecule has 164 valence electrons. The molecule has 10 heteroatoms. The summed E-state index contributed by atoms with van der Waals surface area (Å²) in [6, 6.07) is 14.6. The highest BCUT2D eigenvalue weighted by Gasteiger charge is 2.25. The number of benzene rings is 2. The van der Waals surface area contributed by atoms with E-state index in [4.69, 9.17) is 27.6 Å². The number of carbonyl (C=O) groups excluding carboxylic acids is 1. The predicted octanol–water partition coefficient (Wildman–Crippen LogP) is 5.06. The SMILES string of the molecule is CCN(c1ccc(Cl)cc1CN(Cc1ccco1)C(=O)c1ccccc1Cl)S(=O)(=O)O. The van der Waals surface area contributed by atoms with Crippen LogP contribution >= 0.6 is 23.2 Å². The maximum Gasteiger partial charge on any atom is 0.359 e. The van der Waals surface area contributed by atoms with Crippen molar-refractivity contribution < 1.29 is 22.2 Å². The molecule has 1 N–H and O–H groups in total. The topological polar surface area (TPSA) is 91.1 Å². The highest BCUT2D eigenvalue weighted by molar-refractivity contribution is 7.87. The number of amides is 1. The minimum absolute atomic E-state index is 0.00727. The van der Waals surface area contributed by atoms with Gasteiger partial charge in [-0.3, -0.25) is 9.35 Å². The van der Waals surface area contributed by atoms with Gasteiger partial charge in [0, 0.05) is 18.1 Å². The molecule has 0 saturated heterocycles. The lowest BCUT2D eigenvalue weighted by molar-refractivity contribution is 0.0718. The van der Waals surface area contributed by atoms with Gasteiger partial charge < -0.3 is 9.32 Å². The first-order chi connectivity index (χ1) is 14.7. The van der Waals surface area contributed by atoms with Gasteiger partial charge in [-0.2, -0.15) is 8.42 Å². The summed E-state index contributed by atoms with van der Waals surface area (Å²) < 4.78 is 39.6. The van der Waals surface area contributed by atoms with Gasteiger partial charge in [-0.05, 0) is 55.0 Å². The Bertz CT molecular complexity index is 1170. The normalized spacial score (nSPS) is 11.4. The van der Waals surface area contributed by atoms with Gasteiger partial charge in [0.1, 0.15) is 5.76 Å². The van der Waals surface area contributed by atoms with Crippen LogP contribution in [0.25, 0.3) is 0 Å². The van der Waals surface area contributed by atoms with Crippen LogP contribution in [0.4, 0.5) is 5.69 Å². The van der Waals surface area contributed by atoms with Gasteiger partial charge in [0.2, 0.25) is 0 Å². The molecule has 0 atom stereocenters. The van der Waals surface area contributed by atoms with Crippen LogP contribution in [-0.2, 0) is 23.4 Å². The van der Waals surface area contributed by atoms with Crippen molar-refractivity contribution in [2.75, 3.05) is 10.8 Å². The molecule has 0 spiro atoms. The Labute approximate surface area is 190 Å². The zero-order valence-electron chi connectivity index (χ0n) is 16.5. The van der Waals surface area contributed by atoms with Gasteiger partial charge in [0.05, 0.1) is 29.1 Å². The van der Waals surface area contributed by atoms with Crippen molar-refractivity contribution in [1.29, 1.82) is 0 Å². The number of nitrogens with zero attached hydrogens (tertiary/aromatic N) is 2. The number of rotatable bonds is 8. The fourth-order valence-electron chi connectivity index (χ4n) is 3.18. The minimum Gasteiger partial charge on any atom is -0.467 e. The Morgan fingerprint density at radius 1 is 1.06 bits per heavy atom. The predicted molar refractivity (Wildman–Crippen MR) is 120 cm³/mol. The molecule has 0 radical (unpaired) electrons. The number of anilines is 1. The van der Waals surface area contributed by atoms with Crippen molar-refractivity contribution in [2.45, 2.75) is 20.0 Å². The molecule has 1 amide bonds. The van der Waals surface area contributed by atoms with Gasteiger partial charge in [0.25, 0.3) is 5.91 Å². The van der Waals surface area contributed by atoms with Crippen molar-refractivity contribution in [3.8, 4) is 0 Å². The third kappa shape index (κ3) is 5.59. The van der Waals surface area contributed by atoms with Crippen LogP contribution in [0.15, 0.2) is 65.3 Å². The summed E-state index contributed by atoms with van der Waals surface area (Å²) >= 11 is 12.4. The average molecular weight is 483 g/mol. The van der Waals surface area contributed by atoms with E-state index in [1.54, 1.807) is 49.4 Å². The van der Waals surface area contributed by atoms with Crippen LogP contribution in [-0.4, -0.2) is 30.3 Å². The third-order valence-corrected chi connectivity index (χ3v) is 6.13. The standard InChI is InChI=1S/C21H20Cl2N2O5S/c1-2-25(31(27,28)29)20-10-9-16(22)12-15(20)13-24(14-17-6-5-11-30-17)21(26)18-7-3-4-8-19(18)23/h3-12H,2,13-14H2,1H3,(H,27,28,29). The number of hydrogen-bond donors (Lipinski definition) is 1. The Hall–Kier alpha value is -2.52. The largest absolute Gasteiger partial charge is 0.467 e. The van der Waals surface area contributed by atoms with Crippen LogP contribution in [0.3, 0.4) is 0 Å². The second-order valence-electron chi connectivity index (χ2n) is 6.64. The van der Waals surface area contributed by atoms with Crippen molar-refractivity contribution in [3.63, 3.8) is 0 Å². The molecule has 1 aromatic heterocycles. The molecule has 0 aliphatic rings. The van der Waals surface area contributed by atoms with Crippen molar-refractivity contribution in [1.82, 2.24) is 4.90 Å². The Kier molecular flexibility index (Phi) is 7.27. The lowest BCUT2D eigenvalue weighted by Gasteiger charge is -2.27. The van der Waals surface area contributed by atoms with E-state index in [0.717, 1.165) is 4.31 Å². The lowest BCUT2D eigenvalue weighted by atomic mass is 10.1. The quantitative estimate of drug-likeness (QED) is 0.453. The molecule has 31 heavy (non-hydrogen) atoms. The zero-order valence-corrected chi connectivity index (χ0v) is 18.9. The fourth-order valence-corrected chi connectivity index (χ4v) is 4.35. The highest BCUT2D eigenvalue weighted by atomic mass is 35.5. The van der Waals surface area contributed by atoms with Crippen LogP contribution in [0, 0.1) is 0 Å². The summed E-state index contributed by atoms with van der Waals surface area (Å²) in [7, 11) is -4.52. The van der Waals surface area contributed by atoms with Gasteiger partial charge >= 0.3 is 10.3 Å². The zero-order chi connectivity index (χ0) is 22.6. The van der Waals surface area contributed by atoms with Gasteiger partial charge in [0.15, 0.2) is 0 Å². The van der Waals surface area contributed by atoms with Crippen LogP contribution in [0.2, 0.25) is 10.0 Å². The second-order valence-corrected chi connectivity index (χ2v) is 8.82. The van der Waals surface area contributed by atoms with E-state index in [1.807, 2.05) is 0 Å². The summed E-state index contributed by atoms with van der Waals surface area (Å²) in [5.74, 6) is 0.161. The summed E-state index contributed by atoms with van der Waals surface area (Å²) in [5.41, 5.74) is 0.936. The van der Waals surface area contributed by atoms with E-state index < -0.39 is 10.3 Å². The molecule has 0 fully saturated rings.